The molecule has 30 heavy (non-hydrogen) atoms. The first-order valence-corrected chi connectivity index (χ1v) is 12.5. The lowest BCUT2D eigenvalue weighted by molar-refractivity contribution is -0.128. The van der Waals surface area contributed by atoms with E-state index in [1.54, 1.807) is 7.11 Å². The number of methoxy groups -OCH3 is 1. The molecule has 1 N–H and O–H groups in total. The number of fused-ring (bicyclic) bond motifs is 2. The van der Waals surface area contributed by atoms with Crippen LogP contribution in [0.15, 0.2) is 24.3 Å². The molecule has 7 heteroatoms. The maximum absolute atomic E-state index is 13.2. The molecule has 3 fully saturated rings. The number of hydrogen-bond donors (Lipinski definition) is 1. The lowest BCUT2D eigenvalue weighted by Crippen LogP contribution is -2.49. The van der Waals surface area contributed by atoms with E-state index in [1.807, 2.05) is 24.3 Å². The number of carbonyl (C=O) groups is 1. The fourth-order valence-electron chi connectivity index (χ4n) is 6.01. The first-order valence-electron chi connectivity index (χ1n) is 10.9. The predicted octanol–water partition coefficient (Wildman–Crippen LogP) is 3.06. The summed E-state index contributed by atoms with van der Waals surface area (Å²) in [7, 11) is -1.98. The largest absolute Gasteiger partial charge is 0.497 e. The van der Waals surface area contributed by atoms with Crippen molar-refractivity contribution >= 4 is 15.8 Å². The van der Waals surface area contributed by atoms with Gasteiger partial charge < -0.3 is 9.47 Å². The molecule has 1 aromatic rings. The van der Waals surface area contributed by atoms with Gasteiger partial charge in [-0.25, -0.2) is 13.1 Å². The number of rotatable bonds is 7. The van der Waals surface area contributed by atoms with Gasteiger partial charge in [-0.1, -0.05) is 26.0 Å². The Morgan fingerprint density at radius 2 is 1.80 bits per heavy atom. The van der Waals surface area contributed by atoms with Crippen molar-refractivity contribution in [1.82, 2.24) is 4.72 Å². The standard InChI is InChI=1S/C23H33NO5S/c1-21(2)18-8-9-23(21,20(25)14-18)16-30(26,27)24-15-22(10-12-29-13-11-22)17-4-6-19(28-3)7-5-17/h4-7,18,24H,8-16H2,1-3H3/t18-,23-/m1/s1. The van der Waals surface area contributed by atoms with Crippen LogP contribution >= 0.6 is 0 Å². The minimum atomic E-state index is -3.61. The number of carbonyl (C=O) groups excluding carboxylic acids is 1. The first kappa shape index (κ1) is 21.8. The smallest absolute Gasteiger partial charge is 0.212 e. The Morgan fingerprint density at radius 3 is 2.33 bits per heavy atom. The SMILES string of the molecule is COc1ccc(C2(CNS(=O)(=O)C[C@]34CC[C@H](CC3=O)C4(C)C)CCOCC2)cc1. The number of benzene rings is 1. The summed E-state index contributed by atoms with van der Waals surface area (Å²) in [5.74, 6) is 1.11. The topological polar surface area (TPSA) is 81.7 Å². The second kappa shape index (κ2) is 7.61. The summed E-state index contributed by atoms with van der Waals surface area (Å²) in [4.78, 5) is 12.8. The molecule has 2 atom stereocenters. The molecule has 0 unspecified atom stereocenters. The van der Waals surface area contributed by atoms with Crippen LogP contribution in [0.3, 0.4) is 0 Å². The molecule has 1 saturated heterocycles. The third-order valence-corrected chi connectivity index (χ3v) is 9.82. The molecule has 166 valence electrons. The molecule has 0 aromatic heterocycles. The molecule has 1 aromatic carbocycles. The van der Waals surface area contributed by atoms with Crippen molar-refractivity contribution in [2.24, 2.45) is 16.7 Å². The lowest BCUT2D eigenvalue weighted by atomic mass is 9.70. The van der Waals surface area contributed by atoms with Crippen LogP contribution < -0.4 is 9.46 Å². The van der Waals surface area contributed by atoms with E-state index in [4.69, 9.17) is 9.47 Å². The van der Waals surface area contributed by atoms with Crippen LogP contribution in [0.1, 0.15) is 51.5 Å². The number of hydrogen-bond acceptors (Lipinski definition) is 5. The van der Waals surface area contributed by atoms with Gasteiger partial charge >= 0.3 is 0 Å². The average molecular weight is 436 g/mol. The van der Waals surface area contributed by atoms with Crippen molar-refractivity contribution in [2.45, 2.75) is 51.4 Å². The third-order valence-electron chi connectivity index (χ3n) is 8.36. The Balaban J connectivity index is 1.54. The van der Waals surface area contributed by atoms with Crippen molar-refractivity contribution in [3.05, 3.63) is 29.8 Å². The Bertz CT molecular complexity index is 902. The number of nitrogens with one attached hydrogen (secondary N) is 1. The maximum atomic E-state index is 13.2. The highest BCUT2D eigenvalue weighted by Gasteiger charge is 2.65. The van der Waals surface area contributed by atoms with Gasteiger partial charge in [-0.2, -0.15) is 0 Å². The quantitative estimate of drug-likeness (QED) is 0.712. The van der Waals surface area contributed by atoms with Crippen molar-refractivity contribution in [2.75, 3.05) is 32.6 Å². The van der Waals surface area contributed by atoms with E-state index in [9.17, 15) is 13.2 Å². The van der Waals surface area contributed by atoms with E-state index in [0.29, 0.717) is 38.5 Å². The Hall–Kier alpha value is -1.44. The molecule has 2 saturated carbocycles. The highest BCUT2D eigenvalue weighted by molar-refractivity contribution is 7.89. The van der Waals surface area contributed by atoms with Gasteiger partial charge in [0.25, 0.3) is 0 Å². The zero-order chi connectivity index (χ0) is 21.6. The monoisotopic (exact) mass is 435 g/mol. The highest BCUT2D eigenvalue weighted by Crippen LogP contribution is 2.64. The van der Waals surface area contributed by atoms with Crippen LogP contribution in [0.4, 0.5) is 0 Å². The molecule has 6 nitrogen and oxygen atoms in total. The lowest BCUT2D eigenvalue weighted by Gasteiger charge is -2.39. The molecule has 0 spiro atoms. The van der Waals surface area contributed by atoms with Crippen LogP contribution in [0.2, 0.25) is 0 Å². The number of sulfonamides is 1. The van der Waals surface area contributed by atoms with Gasteiger partial charge in [0.2, 0.25) is 10.0 Å². The summed E-state index contributed by atoms with van der Waals surface area (Å²) in [5, 5.41) is 0. The number of Topliss-reactive ketones (excluding diaryl/α,β-unsaturated/α-hetero) is 1. The second-order valence-corrected chi connectivity index (χ2v) is 11.7. The van der Waals surface area contributed by atoms with Crippen LogP contribution in [0.5, 0.6) is 5.75 Å². The Kier molecular flexibility index (Phi) is 5.52. The van der Waals surface area contributed by atoms with Gasteiger partial charge in [-0.15, -0.1) is 0 Å². The van der Waals surface area contributed by atoms with Crippen molar-refractivity contribution < 1.29 is 22.7 Å². The van der Waals surface area contributed by atoms with E-state index in [0.717, 1.165) is 30.6 Å². The van der Waals surface area contributed by atoms with E-state index in [1.165, 1.54) is 0 Å². The molecule has 2 bridgehead atoms. The summed E-state index contributed by atoms with van der Waals surface area (Å²) in [5.41, 5.74) is -0.231. The number of ether oxygens (including phenoxy) is 2. The molecule has 4 rings (SSSR count). The van der Waals surface area contributed by atoms with Crippen LogP contribution in [-0.2, 0) is 25.0 Å². The van der Waals surface area contributed by atoms with Gasteiger partial charge in [0, 0.05) is 37.0 Å². The van der Waals surface area contributed by atoms with Gasteiger partial charge in [0.1, 0.15) is 11.5 Å². The molecule has 0 radical (unpaired) electrons. The summed E-state index contributed by atoms with van der Waals surface area (Å²) >= 11 is 0. The Labute approximate surface area is 179 Å². The van der Waals surface area contributed by atoms with Gasteiger partial charge in [-0.3, -0.25) is 4.79 Å². The van der Waals surface area contributed by atoms with Crippen molar-refractivity contribution in [3.8, 4) is 5.75 Å². The van der Waals surface area contributed by atoms with E-state index in [2.05, 4.69) is 18.6 Å². The van der Waals surface area contributed by atoms with Crippen molar-refractivity contribution in [1.29, 1.82) is 0 Å². The van der Waals surface area contributed by atoms with Crippen LogP contribution in [-0.4, -0.2) is 46.8 Å². The Morgan fingerprint density at radius 1 is 1.13 bits per heavy atom. The van der Waals surface area contributed by atoms with E-state index < -0.39 is 15.4 Å². The fourth-order valence-corrected chi connectivity index (χ4v) is 7.93. The van der Waals surface area contributed by atoms with E-state index in [-0.39, 0.29) is 22.4 Å². The fraction of sp³-hybridized carbons (Fsp3) is 0.696. The van der Waals surface area contributed by atoms with Gasteiger partial charge in [0.15, 0.2) is 0 Å². The van der Waals surface area contributed by atoms with Crippen LogP contribution in [0.25, 0.3) is 0 Å². The van der Waals surface area contributed by atoms with Crippen LogP contribution in [0, 0.1) is 16.7 Å². The summed E-state index contributed by atoms with van der Waals surface area (Å²) in [6.07, 6.45) is 3.65. The maximum Gasteiger partial charge on any atom is 0.212 e. The van der Waals surface area contributed by atoms with Gasteiger partial charge in [-0.05, 0) is 54.7 Å². The zero-order valence-corrected chi connectivity index (χ0v) is 19.0. The third kappa shape index (κ3) is 3.49. The second-order valence-electron chi connectivity index (χ2n) is 9.87. The minimum absolute atomic E-state index is 0.0997. The molecular weight excluding hydrogens is 402 g/mol. The number of ketones is 1. The van der Waals surface area contributed by atoms with Crippen molar-refractivity contribution in [3.63, 3.8) is 0 Å². The minimum Gasteiger partial charge on any atom is -0.497 e. The molecule has 0 amide bonds. The summed E-state index contributed by atoms with van der Waals surface area (Å²) in [6.45, 7) is 5.67. The highest BCUT2D eigenvalue weighted by atomic mass is 32.2. The molecule has 1 aliphatic heterocycles. The summed E-state index contributed by atoms with van der Waals surface area (Å²) in [6, 6.07) is 7.86. The van der Waals surface area contributed by atoms with Gasteiger partial charge in [0.05, 0.1) is 12.9 Å². The average Bonchev–Trinajstić information content (AvgIpc) is 3.07. The molecule has 1 heterocycles. The predicted molar refractivity (Wildman–Crippen MR) is 115 cm³/mol. The molecule has 2 aliphatic carbocycles. The summed E-state index contributed by atoms with van der Waals surface area (Å²) < 4.78 is 40.1. The zero-order valence-electron chi connectivity index (χ0n) is 18.2. The molecule has 3 aliphatic rings. The normalized spacial score (nSPS) is 29.8. The first-order chi connectivity index (χ1) is 14.1. The molecular formula is C23H33NO5S. The van der Waals surface area contributed by atoms with E-state index >= 15 is 0 Å².